The van der Waals surface area contributed by atoms with Gasteiger partial charge in [-0.2, -0.15) is 0 Å². The predicted molar refractivity (Wildman–Crippen MR) is 136 cm³/mol. The molecule has 1 aliphatic rings. The van der Waals surface area contributed by atoms with Crippen LogP contribution in [0.5, 0.6) is 0 Å². The fourth-order valence-corrected chi connectivity index (χ4v) is 4.51. The minimum atomic E-state index is -0.620. The number of nitrogens with two attached hydrogens (primary N) is 1. The Morgan fingerprint density at radius 2 is 1.84 bits per heavy atom. The van der Waals surface area contributed by atoms with Gasteiger partial charge in [-0.1, -0.05) is 12.1 Å². The van der Waals surface area contributed by atoms with E-state index < -0.39 is 11.6 Å². The van der Waals surface area contributed by atoms with Gasteiger partial charge in [0.1, 0.15) is 5.60 Å². The maximum atomic E-state index is 12.4. The number of carbonyl (C=O) groups is 3. The summed E-state index contributed by atoms with van der Waals surface area (Å²) in [5.41, 5.74) is 7.89. The number of anilines is 1. The van der Waals surface area contributed by atoms with E-state index in [4.69, 9.17) is 25.6 Å². The van der Waals surface area contributed by atoms with Crippen LogP contribution in [0.25, 0.3) is 10.9 Å². The van der Waals surface area contributed by atoms with Crippen LogP contribution in [0.3, 0.4) is 0 Å². The van der Waals surface area contributed by atoms with Crippen molar-refractivity contribution in [3.8, 4) is 6.26 Å². The zero-order valence-electron chi connectivity index (χ0n) is 23.2. The number of nitrogens with zero attached hydrogens (tertiary/aromatic N) is 4. The van der Waals surface area contributed by atoms with Gasteiger partial charge in [0.25, 0.3) is 0 Å². The molecule has 0 atom stereocenters. The second kappa shape index (κ2) is 15.3. The largest absolute Gasteiger partial charge is 1.00 e. The van der Waals surface area contributed by atoms with Gasteiger partial charge in [0.2, 0.25) is 0 Å². The molecule has 0 bridgehead atoms. The molecule has 3 amide bonds. The number of amides is 3. The monoisotopic (exact) mass is 553 g/mol. The molecule has 0 unspecified atom stereocenters. The molecule has 1 aromatic carbocycles. The third-order valence-corrected chi connectivity index (χ3v) is 6.00. The molecule has 1 aromatic heterocycles. The van der Waals surface area contributed by atoms with E-state index in [-0.39, 0.29) is 82.3 Å². The van der Waals surface area contributed by atoms with Crippen molar-refractivity contribution in [3.05, 3.63) is 30.0 Å². The quantitative estimate of drug-likeness (QED) is 0.299. The maximum Gasteiger partial charge on any atom is 1.00 e. The number of carbonyl (C=O) groups excluding carboxylic acids is 3. The van der Waals surface area contributed by atoms with Gasteiger partial charge in [-0.3, -0.25) is 9.69 Å². The first-order valence-corrected chi connectivity index (χ1v) is 12.2. The fourth-order valence-electron chi connectivity index (χ4n) is 4.51. The topological polar surface area (TPSA) is 154 Å². The van der Waals surface area contributed by atoms with E-state index in [9.17, 15) is 14.4 Å². The number of para-hydroxylation sites is 1. The van der Waals surface area contributed by atoms with E-state index in [1.165, 1.54) is 10.5 Å². The molecule has 202 valence electrons. The Morgan fingerprint density at radius 1 is 1.24 bits per heavy atom. The van der Waals surface area contributed by atoms with Gasteiger partial charge in [-0.05, 0) is 58.1 Å². The molecular weight excluding hydrogens is 517 g/mol. The van der Waals surface area contributed by atoms with Crippen molar-refractivity contribution in [2.45, 2.75) is 58.5 Å². The summed E-state index contributed by atoms with van der Waals surface area (Å²) >= 11 is 0. The molecule has 1 fully saturated rings. The minimum absolute atomic E-state index is 0. The average molecular weight is 554 g/mol. The number of aromatic nitrogens is 1. The molecule has 12 heteroatoms. The molecule has 0 aliphatic carbocycles. The Bertz CT molecular complexity index is 1150. The van der Waals surface area contributed by atoms with Crippen LogP contribution in [0.15, 0.2) is 24.4 Å². The van der Waals surface area contributed by atoms with Crippen LogP contribution in [0.1, 0.15) is 58.4 Å². The van der Waals surface area contributed by atoms with Gasteiger partial charge < -0.3 is 29.8 Å². The summed E-state index contributed by atoms with van der Waals surface area (Å²) < 4.78 is 12.5. The molecule has 11 nitrogen and oxygen atoms in total. The first-order chi connectivity index (χ1) is 17.4. The number of urea groups is 1. The second-order valence-corrected chi connectivity index (χ2v) is 9.75. The molecule has 2 aromatic rings. The van der Waals surface area contributed by atoms with Gasteiger partial charge in [0.15, 0.2) is 0 Å². The molecule has 38 heavy (non-hydrogen) atoms. The molecule has 1 aliphatic heterocycles. The number of likely N-dealkylation sites (tertiary alicyclic amines) is 1. The van der Waals surface area contributed by atoms with Gasteiger partial charge in [-0.25, -0.2) is 14.9 Å². The fraction of sp³-hybridized carbons (Fsp3) is 0.538. The molecular formula is C26H36KN5O6. The number of piperidine rings is 1. The number of hydrogen-bond acceptors (Lipinski definition) is 7. The summed E-state index contributed by atoms with van der Waals surface area (Å²) in [4.78, 5) is 39.7. The maximum absolute atomic E-state index is 12.4. The van der Waals surface area contributed by atoms with E-state index in [1.807, 2.05) is 50.6 Å². The summed E-state index contributed by atoms with van der Waals surface area (Å²) in [5, 5.41) is 16.0. The minimum Gasteiger partial charge on any atom is -0.812 e. The van der Waals surface area contributed by atoms with Crippen molar-refractivity contribution < 1.29 is 80.3 Å². The summed E-state index contributed by atoms with van der Waals surface area (Å²) in [6.45, 7) is 9.04. The van der Waals surface area contributed by atoms with Gasteiger partial charge in [0, 0.05) is 44.5 Å². The number of benzene rings is 1. The van der Waals surface area contributed by atoms with E-state index in [1.54, 1.807) is 11.8 Å². The number of fused-ring (bicyclic) bond motifs is 1. The van der Waals surface area contributed by atoms with Gasteiger partial charge >= 0.3 is 69.5 Å². The molecule has 2 heterocycles. The number of rotatable bonds is 6. The zero-order valence-corrected chi connectivity index (χ0v) is 26.3. The summed E-state index contributed by atoms with van der Waals surface area (Å²) in [6, 6.07) is 5.16. The molecule has 3 rings (SSSR count). The first-order valence-electron chi connectivity index (χ1n) is 12.2. The van der Waals surface area contributed by atoms with Crippen LogP contribution < -0.4 is 67.1 Å². The van der Waals surface area contributed by atoms with Crippen LogP contribution >= 0.6 is 0 Å². The summed E-state index contributed by atoms with van der Waals surface area (Å²) in [7, 11) is 1.94. The molecule has 0 spiro atoms. The van der Waals surface area contributed by atoms with Crippen molar-refractivity contribution in [2.75, 3.05) is 31.1 Å². The zero-order chi connectivity index (χ0) is 27.8. The van der Waals surface area contributed by atoms with Crippen molar-refractivity contribution in [2.24, 2.45) is 12.8 Å². The number of ether oxygens (including phenoxy) is 2. The number of aryl methyl sites for hydroxylation is 1. The molecule has 2 N–H and O–H groups in total. The standard InChI is InChI=1S/C25H36N4O5.CHNO.K/c1-6-33-21(30)12-15-29(23(26)31)20-9-7-8-18-19(16-27(5)22(18)20)17-10-13-28(14-11-17)24(32)34-25(2,3)4;2-1-3;/h7-9,16-17H,6,10-15H2,1-5H3,(H2,26,31);3H;/q;;+1/p-1. The van der Waals surface area contributed by atoms with Gasteiger partial charge in [-0.15, -0.1) is 0 Å². The van der Waals surface area contributed by atoms with Crippen molar-refractivity contribution in [3.63, 3.8) is 0 Å². The first kappa shape index (κ1) is 33.7. The molecule has 0 radical (unpaired) electrons. The number of hydrogen-bond donors (Lipinski definition) is 1. The average Bonchev–Trinajstić information content (AvgIpc) is 3.16. The third kappa shape index (κ3) is 9.16. The Morgan fingerprint density at radius 3 is 2.37 bits per heavy atom. The van der Waals surface area contributed by atoms with Crippen molar-refractivity contribution in [1.82, 2.24) is 9.47 Å². The Labute approximate surface area is 266 Å². The van der Waals surface area contributed by atoms with E-state index in [0.717, 1.165) is 23.7 Å². The Balaban J connectivity index is 0.00000172. The van der Waals surface area contributed by atoms with Crippen LogP contribution in [-0.4, -0.2) is 59.4 Å². The Hall–Kier alpha value is -2.30. The van der Waals surface area contributed by atoms with Crippen LogP contribution in [0.2, 0.25) is 0 Å². The van der Waals surface area contributed by atoms with E-state index in [2.05, 4.69) is 6.20 Å². The van der Waals surface area contributed by atoms with E-state index in [0.29, 0.717) is 31.6 Å². The van der Waals surface area contributed by atoms with Crippen LogP contribution in [0.4, 0.5) is 15.3 Å². The number of esters is 1. The third-order valence-electron chi connectivity index (χ3n) is 6.00. The summed E-state index contributed by atoms with van der Waals surface area (Å²) in [5.74, 6) is -0.0931. The number of nitriles is 1. The smallest absolute Gasteiger partial charge is 0.812 e. The van der Waals surface area contributed by atoms with E-state index >= 15 is 0 Å². The van der Waals surface area contributed by atoms with Gasteiger partial charge in [0.05, 0.1) is 24.2 Å². The molecule has 0 saturated carbocycles. The Kier molecular flexibility index (Phi) is 13.6. The van der Waals surface area contributed by atoms with Crippen LogP contribution in [0, 0.1) is 11.5 Å². The SMILES string of the molecule is CCOC(=O)CCN(C(N)=O)c1cccc2c(C3CCN(C(=O)OC(C)(C)C)CC3)cn(C)c12.N#C[O-].[K+]. The predicted octanol–water partition coefficient (Wildman–Crippen LogP) is -0.0371. The second-order valence-electron chi connectivity index (χ2n) is 9.75. The van der Waals surface area contributed by atoms with Crippen molar-refractivity contribution >= 4 is 34.7 Å². The normalized spacial score (nSPS) is 13.4. The molecule has 1 saturated heterocycles. The number of primary amides is 1. The van der Waals surface area contributed by atoms with Crippen LogP contribution in [-0.2, 0) is 21.3 Å². The summed E-state index contributed by atoms with van der Waals surface area (Å²) in [6.07, 6.45) is 4.03. The van der Waals surface area contributed by atoms with Crippen molar-refractivity contribution in [1.29, 1.82) is 5.26 Å².